The number of carbonyl (C=O) groups excluding carboxylic acids is 1. The molecule has 0 aliphatic heterocycles. The summed E-state index contributed by atoms with van der Waals surface area (Å²) < 4.78 is 0. The van der Waals surface area contributed by atoms with Gasteiger partial charge in [-0.3, -0.25) is 4.79 Å². The Labute approximate surface area is 123 Å². The SMILES string of the molecule is C[C@]12CCC[C@@H]1C1=C(CC2)[C@]2(C)CCC(=O)C[C@@H]2CC1. The van der Waals surface area contributed by atoms with Crippen LogP contribution in [0.3, 0.4) is 0 Å². The first-order chi connectivity index (χ1) is 9.53. The van der Waals surface area contributed by atoms with E-state index in [0.717, 1.165) is 25.2 Å². The Morgan fingerprint density at radius 2 is 1.85 bits per heavy atom. The number of rotatable bonds is 0. The van der Waals surface area contributed by atoms with E-state index in [1.165, 1.54) is 44.9 Å². The van der Waals surface area contributed by atoms with Crippen LogP contribution in [0.2, 0.25) is 0 Å². The summed E-state index contributed by atoms with van der Waals surface area (Å²) in [6, 6.07) is 0. The first-order valence-electron chi connectivity index (χ1n) is 8.77. The van der Waals surface area contributed by atoms with Crippen LogP contribution in [0, 0.1) is 22.7 Å². The molecule has 0 aromatic heterocycles. The smallest absolute Gasteiger partial charge is 0.133 e. The fraction of sp³-hybridized carbons (Fsp3) is 0.842. The predicted molar refractivity (Wildman–Crippen MR) is 81.4 cm³/mol. The van der Waals surface area contributed by atoms with Gasteiger partial charge in [-0.2, -0.15) is 0 Å². The molecule has 1 nitrogen and oxygen atoms in total. The van der Waals surface area contributed by atoms with Gasteiger partial charge in [-0.05, 0) is 67.6 Å². The molecular weight excluding hydrogens is 244 g/mol. The molecule has 0 spiro atoms. The average molecular weight is 272 g/mol. The van der Waals surface area contributed by atoms with Crippen molar-refractivity contribution in [3.63, 3.8) is 0 Å². The van der Waals surface area contributed by atoms with Crippen LogP contribution in [0.15, 0.2) is 11.1 Å². The second kappa shape index (κ2) is 4.21. The summed E-state index contributed by atoms with van der Waals surface area (Å²) in [6.45, 7) is 5.05. The van der Waals surface area contributed by atoms with Gasteiger partial charge in [-0.15, -0.1) is 0 Å². The van der Waals surface area contributed by atoms with Crippen LogP contribution < -0.4 is 0 Å². The molecule has 1 heteroatoms. The normalized spacial score (nSPS) is 47.8. The summed E-state index contributed by atoms with van der Waals surface area (Å²) in [5, 5.41) is 0. The summed E-state index contributed by atoms with van der Waals surface area (Å²) in [6.07, 6.45) is 12.5. The van der Waals surface area contributed by atoms with Gasteiger partial charge in [0.25, 0.3) is 0 Å². The van der Waals surface area contributed by atoms with Gasteiger partial charge in [0, 0.05) is 12.8 Å². The van der Waals surface area contributed by atoms with Crippen LogP contribution >= 0.6 is 0 Å². The van der Waals surface area contributed by atoms with E-state index in [2.05, 4.69) is 13.8 Å². The Morgan fingerprint density at radius 1 is 1.00 bits per heavy atom. The quantitative estimate of drug-likeness (QED) is 0.564. The minimum Gasteiger partial charge on any atom is -0.300 e. The zero-order valence-corrected chi connectivity index (χ0v) is 13.1. The van der Waals surface area contributed by atoms with Crippen molar-refractivity contribution in [3.05, 3.63) is 11.1 Å². The van der Waals surface area contributed by atoms with Crippen LogP contribution in [0.25, 0.3) is 0 Å². The molecule has 0 amide bonds. The molecule has 4 aliphatic rings. The lowest BCUT2D eigenvalue weighted by Crippen LogP contribution is -2.43. The Kier molecular flexibility index (Phi) is 2.76. The summed E-state index contributed by atoms with van der Waals surface area (Å²) >= 11 is 0. The fourth-order valence-electron chi connectivity index (χ4n) is 6.24. The van der Waals surface area contributed by atoms with E-state index < -0.39 is 0 Å². The topological polar surface area (TPSA) is 17.1 Å². The average Bonchev–Trinajstić information content (AvgIpc) is 2.81. The predicted octanol–water partition coefficient (Wildman–Crippen LogP) is 5.05. The summed E-state index contributed by atoms with van der Waals surface area (Å²) in [7, 11) is 0. The van der Waals surface area contributed by atoms with E-state index in [9.17, 15) is 4.79 Å². The van der Waals surface area contributed by atoms with E-state index in [1.54, 1.807) is 0 Å². The van der Waals surface area contributed by atoms with E-state index in [1.807, 2.05) is 11.1 Å². The molecule has 110 valence electrons. The molecule has 0 heterocycles. The minimum absolute atomic E-state index is 0.380. The third kappa shape index (κ3) is 1.64. The van der Waals surface area contributed by atoms with Crippen molar-refractivity contribution < 1.29 is 4.79 Å². The van der Waals surface area contributed by atoms with Gasteiger partial charge in [0.2, 0.25) is 0 Å². The molecule has 0 N–H and O–H groups in total. The van der Waals surface area contributed by atoms with Crippen LogP contribution in [0.1, 0.15) is 78.1 Å². The maximum Gasteiger partial charge on any atom is 0.133 e. The zero-order chi connectivity index (χ0) is 14.0. The van der Waals surface area contributed by atoms with Crippen molar-refractivity contribution in [1.29, 1.82) is 0 Å². The molecule has 4 aliphatic carbocycles. The second-order valence-corrected chi connectivity index (χ2v) is 8.50. The largest absolute Gasteiger partial charge is 0.300 e. The van der Waals surface area contributed by atoms with Crippen LogP contribution in [0.5, 0.6) is 0 Å². The summed E-state index contributed by atoms with van der Waals surface area (Å²) in [5.74, 6) is 2.08. The van der Waals surface area contributed by atoms with Gasteiger partial charge in [0.1, 0.15) is 5.78 Å². The zero-order valence-electron chi connectivity index (χ0n) is 13.1. The molecule has 0 radical (unpaired) electrons. The van der Waals surface area contributed by atoms with Crippen LogP contribution in [-0.4, -0.2) is 5.78 Å². The number of fused-ring (bicyclic) bond motifs is 4. The Bertz CT molecular complexity index is 488. The minimum atomic E-state index is 0.380. The van der Waals surface area contributed by atoms with Gasteiger partial charge in [0.05, 0.1) is 0 Å². The highest BCUT2D eigenvalue weighted by Gasteiger charge is 2.51. The Balaban J connectivity index is 1.75. The van der Waals surface area contributed by atoms with Crippen molar-refractivity contribution in [2.75, 3.05) is 0 Å². The van der Waals surface area contributed by atoms with E-state index >= 15 is 0 Å². The van der Waals surface area contributed by atoms with Crippen LogP contribution in [0.4, 0.5) is 0 Å². The van der Waals surface area contributed by atoms with Gasteiger partial charge >= 0.3 is 0 Å². The monoisotopic (exact) mass is 272 g/mol. The fourth-order valence-corrected chi connectivity index (χ4v) is 6.24. The van der Waals surface area contributed by atoms with Gasteiger partial charge < -0.3 is 0 Å². The van der Waals surface area contributed by atoms with Gasteiger partial charge in [-0.25, -0.2) is 0 Å². The van der Waals surface area contributed by atoms with Gasteiger partial charge in [-0.1, -0.05) is 31.4 Å². The molecule has 4 atom stereocenters. The highest BCUT2D eigenvalue weighted by atomic mass is 16.1. The molecule has 20 heavy (non-hydrogen) atoms. The molecule has 2 saturated carbocycles. The van der Waals surface area contributed by atoms with E-state index in [0.29, 0.717) is 22.5 Å². The lowest BCUT2D eigenvalue weighted by atomic mass is 9.52. The second-order valence-electron chi connectivity index (χ2n) is 8.50. The Morgan fingerprint density at radius 3 is 2.70 bits per heavy atom. The van der Waals surface area contributed by atoms with Crippen LogP contribution in [-0.2, 0) is 4.79 Å². The molecule has 4 rings (SSSR count). The number of carbonyl (C=O) groups is 1. The highest BCUT2D eigenvalue weighted by molar-refractivity contribution is 5.80. The first-order valence-corrected chi connectivity index (χ1v) is 8.77. The number of hydrogen-bond donors (Lipinski definition) is 0. The molecular formula is C19H28O. The number of ketones is 1. The van der Waals surface area contributed by atoms with Crippen molar-refractivity contribution in [3.8, 4) is 0 Å². The van der Waals surface area contributed by atoms with Crippen molar-refractivity contribution in [2.24, 2.45) is 22.7 Å². The number of allylic oxidation sites excluding steroid dienone is 2. The third-order valence-electron chi connectivity index (χ3n) is 7.59. The molecule has 0 aromatic rings. The Hall–Kier alpha value is -0.590. The van der Waals surface area contributed by atoms with Crippen molar-refractivity contribution in [2.45, 2.75) is 78.1 Å². The molecule has 2 fully saturated rings. The standard InChI is InChI=1S/C19H28O/c1-18-9-3-4-16(18)15-6-5-13-12-14(20)7-11-19(13,2)17(15)8-10-18/h13,16H,3-12H2,1-2H3/t13-,16+,18+,19+/m0/s1. The molecule has 0 unspecified atom stereocenters. The molecule has 0 aromatic carbocycles. The number of Topliss-reactive ketones (excluding diaryl/α,β-unsaturated/α-hetero) is 1. The highest BCUT2D eigenvalue weighted by Crippen LogP contribution is 2.63. The summed E-state index contributed by atoms with van der Waals surface area (Å²) in [4.78, 5) is 11.8. The van der Waals surface area contributed by atoms with E-state index in [4.69, 9.17) is 0 Å². The maximum absolute atomic E-state index is 11.8. The first kappa shape index (κ1) is 13.1. The van der Waals surface area contributed by atoms with Gasteiger partial charge in [0.15, 0.2) is 0 Å². The number of hydrogen-bond acceptors (Lipinski definition) is 1. The lowest BCUT2D eigenvalue weighted by molar-refractivity contribution is -0.124. The van der Waals surface area contributed by atoms with E-state index in [-0.39, 0.29) is 0 Å². The van der Waals surface area contributed by atoms with Crippen molar-refractivity contribution in [1.82, 2.24) is 0 Å². The third-order valence-corrected chi connectivity index (χ3v) is 7.59. The lowest BCUT2D eigenvalue weighted by Gasteiger charge is -2.53. The molecule has 0 bridgehead atoms. The molecule has 0 saturated heterocycles. The van der Waals surface area contributed by atoms with Crippen molar-refractivity contribution >= 4 is 5.78 Å². The summed E-state index contributed by atoms with van der Waals surface area (Å²) in [5.41, 5.74) is 4.69. The maximum atomic E-state index is 11.8.